The van der Waals surface area contributed by atoms with Crippen LogP contribution in [0.4, 0.5) is 5.69 Å². The number of amides is 2. The molecule has 0 aliphatic carbocycles. The summed E-state index contributed by atoms with van der Waals surface area (Å²) >= 11 is 0. The van der Waals surface area contributed by atoms with Gasteiger partial charge in [0.15, 0.2) is 0 Å². The minimum Gasteiger partial charge on any atom is -0.497 e. The lowest BCUT2D eigenvalue weighted by atomic mass is 10.1. The highest BCUT2D eigenvalue weighted by Gasteiger charge is 2.22. The Morgan fingerprint density at radius 1 is 1.14 bits per heavy atom. The van der Waals surface area contributed by atoms with Crippen molar-refractivity contribution in [3.63, 3.8) is 0 Å². The zero-order chi connectivity index (χ0) is 20.1. The maximum Gasteiger partial charge on any atom is 0.251 e. The molecule has 0 unspecified atom stereocenters. The molecule has 0 saturated carbocycles. The Bertz CT molecular complexity index is 816. The van der Waals surface area contributed by atoms with Gasteiger partial charge in [-0.2, -0.15) is 0 Å². The number of benzene rings is 2. The van der Waals surface area contributed by atoms with Gasteiger partial charge in [0, 0.05) is 30.8 Å². The van der Waals surface area contributed by atoms with Gasteiger partial charge in [0.05, 0.1) is 13.2 Å². The van der Waals surface area contributed by atoms with E-state index in [0.29, 0.717) is 18.5 Å². The number of hydrogen-bond donors (Lipinski definition) is 1. The summed E-state index contributed by atoms with van der Waals surface area (Å²) in [5.41, 5.74) is 2.54. The lowest BCUT2D eigenvalue weighted by Gasteiger charge is -2.25. The molecule has 2 amide bonds. The Hall–Kier alpha value is -2.86. The second kappa shape index (κ2) is 8.89. The number of anilines is 1. The van der Waals surface area contributed by atoms with Gasteiger partial charge in [-0.05, 0) is 62.5 Å². The van der Waals surface area contributed by atoms with Crippen molar-refractivity contribution in [1.29, 1.82) is 0 Å². The van der Waals surface area contributed by atoms with E-state index in [-0.39, 0.29) is 17.9 Å². The van der Waals surface area contributed by atoms with E-state index in [9.17, 15) is 9.59 Å². The number of methoxy groups -OCH3 is 1. The molecule has 148 valence electrons. The van der Waals surface area contributed by atoms with Gasteiger partial charge in [-0.25, -0.2) is 0 Å². The molecule has 6 nitrogen and oxygen atoms in total. The summed E-state index contributed by atoms with van der Waals surface area (Å²) in [5, 5.41) is 3.01. The van der Waals surface area contributed by atoms with Crippen LogP contribution in [0.25, 0.3) is 0 Å². The van der Waals surface area contributed by atoms with Gasteiger partial charge in [0.1, 0.15) is 5.75 Å². The molecule has 3 rings (SSSR count). The van der Waals surface area contributed by atoms with Crippen LogP contribution >= 0.6 is 0 Å². The number of likely N-dealkylation sites (N-methyl/N-ethyl adjacent to an activating group) is 1. The van der Waals surface area contributed by atoms with Gasteiger partial charge in [0.2, 0.25) is 5.91 Å². The zero-order valence-corrected chi connectivity index (χ0v) is 16.6. The van der Waals surface area contributed by atoms with Gasteiger partial charge in [-0.3, -0.25) is 9.59 Å². The molecule has 0 spiro atoms. The minimum absolute atomic E-state index is 0.0522. The van der Waals surface area contributed by atoms with Crippen molar-refractivity contribution in [2.24, 2.45) is 0 Å². The molecule has 0 radical (unpaired) electrons. The van der Waals surface area contributed by atoms with E-state index in [0.717, 1.165) is 30.0 Å². The molecule has 1 fully saturated rings. The van der Waals surface area contributed by atoms with Gasteiger partial charge in [-0.15, -0.1) is 0 Å². The summed E-state index contributed by atoms with van der Waals surface area (Å²) in [4.78, 5) is 28.3. The van der Waals surface area contributed by atoms with Gasteiger partial charge in [0.25, 0.3) is 5.91 Å². The lowest BCUT2D eigenvalue weighted by molar-refractivity contribution is -0.117. The average Bonchev–Trinajstić information content (AvgIpc) is 3.14. The molecule has 28 heavy (non-hydrogen) atoms. The zero-order valence-electron chi connectivity index (χ0n) is 16.6. The van der Waals surface area contributed by atoms with Crippen molar-refractivity contribution in [1.82, 2.24) is 10.2 Å². The fourth-order valence-corrected chi connectivity index (χ4v) is 3.43. The molecule has 1 saturated heterocycles. The van der Waals surface area contributed by atoms with E-state index >= 15 is 0 Å². The molecule has 6 heteroatoms. The number of ether oxygens (including phenoxy) is 1. The standard InChI is InChI=1S/C22H27N3O3/c1-24(2)20(16-8-12-19(28-3)13-9-16)15-23-22(27)17-6-10-18(11-7-17)25-14-4-5-21(25)26/h6-13,20H,4-5,14-15H2,1-3H3,(H,23,27)/t20-/m1/s1. The van der Waals surface area contributed by atoms with Crippen LogP contribution in [0.1, 0.15) is 34.8 Å². The topological polar surface area (TPSA) is 61.9 Å². The van der Waals surface area contributed by atoms with Crippen LogP contribution in [0.5, 0.6) is 5.75 Å². The van der Waals surface area contributed by atoms with E-state index in [2.05, 4.69) is 10.2 Å². The van der Waals surface area contributed by atoms with Crippen LogP contribution in [0.2, 0.25) is 0 Å². The smallest absolute Gasteiger partial charge is 0.251 e. The third-order valence-corrected chi connectivity index (χ3v) is 5.09. The van der Waals surface area contributed by atoms with E-state index in [1.165, 1.54) is 0 Å². The summed E-state index contributed by atoms with van der Waals surface area (Å²) in [5.74, 6) is 0.826. The summed E-state index contributed by atoms with van der Waals surface area (Å²) < 4.78 is 5.21. The molecular formula is C22H27N3O3. The maximum absolute atomic E-state index is 12.6. The third-order valence-electron chi connectivity index (χ3n) is 5.09. The minimum atomic E-state index is -0.125. The molecule has 1 aliphatic heterocycles. The van der Waals surface area contributed by atoms with Crippen LogP contribution in [0, 0.1) is 0 Å². The predicted molar refractivity (Wildman–Crippen MR) is 110 cm³/mol. The van der Waals surface area contributed by atoms with Crippen LogP contribution < -0.4 is 15.0 Å². The van der Waals surface area contributed by atoms with Crippen molar-refractivity contribution in [2.75, 3.05) is 39.2 Å². The Morgan fingerprint density at radius 3 is 2.36 bits per heavy atom. The fraction of sp³-hybridized carbons (Fsp3) is 0.364. The Balaban J connectivity index is 1.63. The summed E-state index contributed by atoms with van der Waals surface area (Å²) in [6.45, 7) is 1.24. The highest BCUT2D eigenvalue weighted by molar-refractivity contribution is 5.97. The van der Waals surface area contributed by atoms with Crippen molar-refractivity contribution in [3.8, 4) is 5.75 Å². The van der Waals surface area contributed by atoms with Crippen LogP contribution in [0.15, 0.2) is 48.5 Å². The van der Waals surface area contributed by atoms with E-state index in [1.807, 2.05) is 50.5 Å². The second-order valence-corrected chi connectivity index (χ2v) is 7.16. The number of hydrogen-bond acceptors (Lipinski definition) is 4. The molecule has 1 N–H and O–H groups in total. The average molecular weight is 381 g/mol. The fourth-order valence-electron chi connectivity index (χ4n) is 3.43. The first-order valence-electron chi connectivity index (χ1n) is 9.48. The van der Waals surface area contributed by atoms with Crippen molar-refractivity contribution < 1.29 is 14.3 Å². The van der Waals surface area contributed by atoms with Gasteiger partial charge < -0.3 is 19.9 Å². The quantitative estimate of drug-likeness (QED) is 0.801. The maximum atomic E-state index is 12.6. The first kappa shape index (κ1) is 19.9. The van der Waals surface area contributed by atoms with Gasteiger partial charge >= 0.3 is 0 Å². The number of nitrogens with zero attached hydrogens (tertiary/aromatic N) is 2. The Morgan fingerprint density at radius 2 is 1.82 bits per heavy atom. The highest BCUT2D eigenvalue weighted by atomic mass is 16.5. The van der Waals surface area contributed by atoms with E-state index < -0.39 is 0 Å². The molecule has 2 aromatic carbocycles. The molecule has 1 atom stereocenters. The number of carbonyl (C=O) groups is 2. The molecule has 0 bridgehead atoms. The summed E-state index contributed by atoms with van der Waals surface area (Å²) in [6.07, 6.45) is 1.48. The van der Waals surface area contributed by atoms with E-state index in [1.54, 1.807) is 24.1 Å². The summed E-state index contributed by atoms with van der Waals surface area (Å²) in [6, 6.07) is 15.1. The first-order valence-corrected chi connectivity index (χ1v) is 9.48. The summed E-state index contributed by atoms with van der Waals surface area (Å²) in [7, 11) is 5.62. The third kappa shape index (κ3) is 4.51. The lowest BCUT2D eigenvalue weighted by Crippen LogP contribution is -2.34. The normalized spacial score (nSPS) is 15.0. The number of rotatable bonds is 7. The van der Waals surface area contributed by atoms with Crippen molar-refractivity contribution in [3.05, 3.63) is 59.7 Å². The van der Waals surface area contributed by atoms with Crippen LogP contribution in [-0.2, 0) is 4.79 Å². The monoisotopic (exact) mass is 381 g/mol. The van der Waals surface area contributed by atoms with Crippen LogP contribution in [0.3, 0.4) is 0 Å². The highest BCUT2D eigenvalue weighted by Crippen LogP contribution is 2.23. The van der Waals surface area contributed by atoms with Crippen molar-refractivity contribution >= 4 is 17.5 Å². The Kier molecular flexibility index (Phi) is 6.31. The van der Waals surface area contributed by atoms with Crippen molar-refractivity contribution in [2.45, 2.75) is 18.9 Å². The molecule has 1 heterocycles. The first-order chi connectivity index (χ1) is 13.5. The Labute approximate surface area is 166 Å². The van der Waals surface area contributed by atoms with Gasteiger partial charge in [-0.1, -0.05) is 12.1 Å². The van der Waals surface area contributed by atoms with Crippen LogP contribution in [-0.4, -0.2) is 51.0 Å². The van der Waals surface area contributed by atoms with E-state index in [4.69, 9.17) is 4.74 Å². The largest absolute Gasteiger partial charge is 0.497 e. The number of nitrogens with one attached hydrogen (secondary N) is 1. The molecule has 0 aromatic heterocycles. The predicted octanol–water partition coefficient (Wildman–Crippen LogP) is 2.85. The molecule has 2 aromatic rings. The molecule has 1 aliphatic rings. The molecular weight excluding hydrogens is 354 g/mol. The second-order valence-electron chi connectivity index (χ2n) is 7.16. The SMILES string of the molecule is COc1ccc([C@@H](CNC(=O)c2ccc(N3CCCC3=O)cc2)N(C)C)cc1. The number of carbonyl (C=O) groups excluding carboxylic acids is 2.